The SMILES string of the molecule is COc1ccc(CC(=O)N2CCC(NC(=O)c3ccc(OC)c(OC)c3)CC2)cc1OC. The number of hydrogen-bond acceptors (Lipinski definition) is 6. The van der Waals surface area contributed by atoms with Gasteiger partial charge in [0.1, 0.15) is 0 Å². The topological polar surface area (TPSA) is 86.3 Å². The second-order valence-electron chi connectivity index (χ2n) is 7.56. The molecule has 1 aliphatic heterocycles. The van der Waals surface area contributed by atoms with Crippen LogP contribution in [0.5, 0.6) is 23.0 Å². The number of ether oxygens (including phenoxy) is 4. The van der Waals surface area contributed by atoms with E-state index in [1.54, 1.807) is 45.6 Å². The van der Waals surface area contributed by atoms with Crippen molar-refractivity contribution in [3.8, 4) is 23.0 Å². The number of hydrogen-bond donors (Lipinski definition) is 1. The molecule has 0 atom stereocenters. The Kier molecular flexibility index (Phi) is 7.81. The number of carbonyl (C=O) groups is 2. The molecule has 8 heteroatoms. The number of piperidine rings is 1. The van der Waals surface area contributed by atoms with Crippen LogP contribution in [0.3, 0.4) is 0 Å². The molecule has 0 aliphatic carbocycles. The van der Waals surface area contributed by atoms with Crippen molar-refractivity contribution in [2.24, 2.45) is 0 Å². The van der Waals surface area contributed by atoms with Crippen LogP contribution in [-0.2, 0) is 11.2 Å². The summed E-state index contributed by atoms with van der Waals surface area (Å²) in [7, 11) is 6.24. The molecular weight excluding hydrogens is 412 g/mol. The van der Waals surface area contributed by atoms with Gasteiger partial charge in [-0.05, 0) is 48.7 Å². The first-order chi connectivity index (χ1) is 15.5. The highest BCUT2D eigenvalue weighted by Crippen LogP contribution is 2.29. The van der Waals surface area contributed by atoms with E-state index < -0.39 is 0 Å². The van der Waals surface area contributed by atoms with E-state index in [1.165, 1.54) is 7.11 Å². The van der Waals surface area contributed by atoms with Gasteiger partial charge in [-0.25, -0.2) is 0 Å². The fourth-order valence-corrected chi connectivity index (χ4v) is 3.80. The fourth-order valence-electron chi connectivity index (χ4n) is 3.80. The van der Waals surface area contributed by atoms with Gasteiger partial charge in [-0.2, -0.15) is 0 Å². The molecule has 32 heavy (non-hydrogen) atoms. The van der Waals surface area contributed by atoms with Crippen LogP contribution in [0.1, 0.15) is 28.8 Å². The van der Waals surface area contributed by atoms with Crippen molar-refractivity contribution in [1.82, 2.24) is 10.2 Å². The molecule has 2 aromatic carbocycles. The monoisotopic (exact) mass is 442 g/mol. The van der Waals surface area contributed by atoms with Crippen LogP contribution in [0, 0.1) is 0 Å². The van der Waals surface area contributed by atoms with Crippen LogP contribution >= 0.6 is 0 Å². The number of carbonyl (C=O) groups excluding carboxylic acids is 2. The van der Waals surface area contributed by atoms with Gasteiger partial charge in [0.25, 0.3) is 5.91 Å². The number of amides is 2. The summed E-state index contributed by atoms with van der Waals surface area (Å²) in [6.45, 7) is 1.20. The lowest BCUT2D eigenvalue weighted by Crippen LogP contribution is -2.47. The van der Waals surface area contributed by atoms with Gasteiger partial charge >= 0.3 is 0 Å². The zero-order valence-electron chi connectivity index (χ0n) is 19.0. The van der Waals surface area contributed by atoms with Crippen molar-refractivity contribution < 1.29 is 28.5 Å². The molecule has 1 aliphatic rings. The maximum atomic E-state index is 12.7. The van der Waals surface area contributed by atoms with Crippen LogP contribution in [0.4, 0.5) is 0 Å². The lowest BCUT2D eigenvalue weighted by Gasteiger charge is -2.32. The summed E-state index contributed by atoms with van der Waals surface area (Å²) < 4.78 is 21.0. The normalized spacial score (nSPS) is 13.9. The second-order valence-corrected chi connectivity index (χ2v) is 7.56. The van der Waals surface area contributed by atoms with E-state index in [4.69, 9.17) is 18.9 Å². The van der Waals surface area contributed by atoms with Crippen LogP contribution in [0.2, 0.25) is 0 Å². The maximum Gasteiger partial charge on any atom is 0.251 e. The number of benzene rings is 2. The molecule has 172 valence electrons. The van der Waals surface area contributed by atoms with Crippen molar-refractivity contribution in [3.63, 3.8) is 0 Å². The lowest BCUT2D eigenvalue weighted by molar-refractivity contribution is -0.131. The zero-order chi connectivity index (χ0) is 23.1. The Morgan fingerprint density at radius 3 is 2.00 bits per heavy atom. The van der Waals surface area contributed by atoms with Crippen molar-refractivity contribution >= 4 is 11.8 Å². The van der Waals surface area contributed by atoms with Gasteiger partial charge in [0.15, 0.2) is 23.0 Å². The molecule has 1 heterocycles. The van der Waals surface area contributed by atoms with Crippen molar-refractivity contribution in [2.75, 3.05) is 41.5 Å². The highest BCUT2D eigenvalue weighted by Gasteiger charge is 2.25. The van der Waals surface area contributed by atoms with E-state index in [9.17, 15) is 9.59 Å². The van der Waals surface area contributed by atoms with E-state index in [-0.39, 0.29) is 17.9 Å². The molecule has 0 aromatic heterocycles. The summed E-state index contributed by atoms with van der Waals surface area (Å²) in [6, 6.07) is 10.6. The zero-order valence-corrected chi connectivity index (χ0v) is 19.0. The Bertz CT molecular complexity index is 954. The molecular formula is C24H30N2O6. The first-order valence-corrected chi connectivity index (χ1v) is 10.5. The summed E-state index contributed by atoms with van der Waals surface area (Å²) in [5.74, 6) is 2.22. The molecule has 1 fully saturated rings. The Hall–Kier alpha value is -3.42. The standard InChI is InChI=1S/C24H30N2O6/c1-29-19-7-5-16(13-21(19)31-3)14-23(27)26-11-9-18(10-12-26)25-24(28)17-6-8-20(30-2)22(15-17)32-4/h5-8,13,15,18H,9-12,14H2,1-4H3,(H,25,28). The summed E-state index contributed by atoms with van der Waals surface area (Å²) in [5, 5.41) is 3.06. The minimum Gasteiger partial charge on any atom is -0.493 e. The maximum absolute atomic E-state index is 12.7. The molecule has 0 bridgehead atoms. The van der Waals surface area contributed by atoms with Gasteiger partial charge in [0.2, 0.25) is 5.91 Å². The number of nitrogens with zero attached hydrogens (tertiary/aromatic N) is 1. The van der Waals surface area contributed by atoms with Crippen LogP contribution in [0.25, 0.3) is 0 Å². The molecule has 1 N–H and O–H groups in total. The Morgan fingerprint density at radius 1 is 0.844 bits per heavy atom. The third kappa shape index (κ3) is 5.43. The highest BCUT2D eigenvalue weighted by molar-refractivity contribution is 5.95. The molecule has 0 saturated carbocycles. The Labute approximate surface area is 188 Å². The minimum absolute atomic E-state index is 0.0146. The van der Waals surface area contributed by atoms with E-state index in [0.717, 1.165) is 5.56 Å². The smallest absolute Gasteiger partial charge is 0.251 e. The van der Waals surface area contributed by atoms with Gasteiger partial charge < -0.3 is 29.2 Å². The fraction of sp³-hybridized carbons (Fsp3) is 0.417. The molecule has 8 nitrogen and oxygen atoms in total. The predicted molar refractivity (Wildman–Crippen MR) is 120 cm³/mol. The first kappa shape index (κ1) is 23.2. The molecule has 0 unspecified atom stereocenters. The van der Waals surface area contributed by atoms with E-state index in [2.05, 4.69) is 5.32 Å². The molecule has 3 rings (SSSR count). The molecule has 1 saturated heterocycles. The van der Waals surface area contributed by atoms with Gasteiger partial charge in [0, 0.05) is 24.7 Å². The van der Waals surface area contributed by atoms with Gasteiger partial charge in [-0.3, -0.25) is 9.59 Å². The van der Waals surface area contributed by atoms with E-state index in [1.807, 2.05) is 17.0 Å². The quantitative estimate of drug-likeness (QED) is 0.677. The van der Waals surface area contributed by atoms with Gasteiger partial charge in [-0.15, -0.1) is 0 Å². The van der Waals surface area contributed by atoms with E-state index >= 15 is 0 Å². The molecule has 2 aromatic rings. The van der Waals surface area contributed by atoms with E-state index in [0.29, 0.717) is 60.9 Å². The first-order valence-electron chi connectivity index (χ1n) is 10.5. The average Bonchev–Trinajstić information content (AvgIpc) is 2.83. The lowest BCUT2D eigenvalue weighted by atomic mass is 10.0. The Balaban J connectivity index is 1.52. The van der Waals surface area contributed by atoms with Crippen LogP contribution in [0.15, 0.2) is 36.4 Å². The third-order valence-electron chi connectivity index (χ3n) is 5.63. The van der Waals surface area contributed by atoms with Crippen molar-refractivity contribution in [2.45, 2.75) is 25.3 Å². The van der Waals surface area contributed by atoms with Gasteiger partial charge in [-0.1, -0.05) is 6.07 Å². The number of nitrogens with one attached hydrogen (secondary N) is 1. The number of methoxy groups -OCH3 is 4. The summed E-state index contributed by atoms with van der Waals surface area (Å²) in [5.41, 5.74) is 1.38. The number of likely N-dealkylation sites (tertiary alicyclic amines) is 1. The van der Waals surface area contributed by atoms with Crippen molar-refractivity contribution in [1.29, 1.82) is 0 Å². The third-order valence-corrected chi connectivity index (χ3v) is 5.63. The highest BCUT2D eigenvalue weighted by atomic mass is 16.5. The van der Waals surface area contributed by atoms with Crippen LogP contribution < -0.4 is 24.3 Å². The number of rotatable bonds is 8. The summed E-state index contributed by atoms with van der Waals surface area (Å²) in [6.07, 6.45) is 1.70. The van der Waals surface area contributed by atoms with Crippen molar-refractivity contribution in [3.05, 3.63) is 47.5 Å². The average molecular weight is 443 g/mol. The molecule has 2 amide bonds. The molecule has 0 radical (unpaired) electrons. The van der Waals surface area contributed by atoms with Crippen LogP contribution in [-0.4, -0.2) is 64.3 Å². The second kappa shape index (κ2) is 10.7. The van der Waals surface area contributed by atoms with Gasteiger partial charge in [0.05, 0.1) is 34.9 Å². The Morgan fingerprint density at radius 2 is 1.41 bits per heavy atom. The summed E-state index contributed by atoms with van der Waals surface area (Å²) >= 11 is 0. The predicted octanol–water partition coefficient (Wildman–Crippen LogP) is 2.68. The summed E-state index contributed by atoms with van der Waals surface area (Å²) in [4.78, 5) is 27.2. The largest absolute Gasteiger partial charge is 0.493 e. The minimum atomic E-state index is -0.166. The molecule has 0 spiro atoms.